The minimum Gasteiger partial charge on any atom is -0.495 e. The Morgan fingerprint density at radius 3 is 2.55 bits per heavy atom. The second-order valence-electron chi connectivity index (χ2n) is 5.35. The number of benzene rings is 1. The third-order valence-corrected chi connectivity index (χ3v) is 4.04. The largest absolute Gasteiger partial charge is 0.495 e. The maximum absolute atomic E-state index is 12.2. The van der Waals surface area contributed by atoms with Gasteiger partial charge in [-0.05, 0) is 18.9 Å². The van der Waals surface area contributed by atoms with Gasteiger partial charge in [0.05, 0.1) is 31.5 Å². The Hall–Kier alpha value is -1.50. The summed E-state index contributed by atoms with van der Waals surface area (Å²) in [6.07, 6.45) is 1.84. The summed E-state index contributed by atoms with van der Waals surface area (Å²) in [5, 5.41) is 3.25. The zero-order chi connectivity index (χ0) is 16.1. The number of anilines is 1. The first-order chi connectivity index (χ1) is 10.5. The monoisotopic (exact) mass is 327 g/mol. The van der Waals surface area contributed by atoms with Crippen LogP contribution in [0.15, 0.2) is 12.1 Å². The van der Waals surface area contributed by atoms with Gasteiger partial charge in [-0.3, -0.25) is 9.69 Å². The van der Waals surface area contributed by atoms with Crippen LogP contribution in [-0.4, -0.2) is 50.7 Å². The zero-order valence-corrected chi connectivity index (χ0v) is 13.7. The summed E-state index contributed by atoms with van der Waals surface area (Å²) in [6.45, 7) is 2.02. The summed E-state index contributed by atoms with van der Waals surface area (Å²) in [5.74, 6) is 0.909. The number of hydrogen-bond acceptors (Lipinski definition) is 5. The molecule has 7 heteroatoms. The molecule has 1 aromatic carbocycles. The molecule has 2 rings (SSSR count). The fraction of sp³-hybridized carbons (Fsp3) is 0.533. The van der Waals surface area contributed by atoms with Gasteiger partial charge in [-0.15, -0.1) is 0 Å². The number of halogens is 1. The normalized spacial score (nSPS) is 16.4. The van der Waals surface area contributed by atoms with Crippen molar-refractivity contribution in [2.45, 2.75) is 18.9 Å². The quantitative estimate of drug-likeness (QED) is 0.861. The van der Waals surface area contributed by atoms with Gasteiger partial charge < -0.3 is 20.5 Å². The molecule has 1 saturated heterocycles. The van der Waals surface area contributed by atoms with Crippen LogP contribution in [0.3, 0.4) is 0 Å². The molecule has 0 atom stereocenters. The summed E-state index contributed by atoms with van der Waals surface area (Å²) < 4.78 is 10.4. The van der Waals surface area contributed by atoms with Crippen LogP contribution in [0.5, 0.6) is 11.5 Å². The van der Waals surface area contributed by atoms with E-state index in [-0.39, 0.29) is 11.9 Å². The fourth-order valence-electron chi connectivity index (χ4n) is 2.46. The lowest BCUT2D eigenvalue weighted by Crippen LogP contribution is -2.43. The lowest BCUT2D eigenvalue weighted by atomic mass is 10.1. The average Bonchev–Trinajstić information content (AvgIpc) is 2.50. The van der Waals surface area contributed by atoms with Crippen LogP contribution in [0.25, 0.3) is 0 Å². The summed E-state index contributed by atoms with van der Waals surface area (Å²) in [5.41, 5.74) is 6.40. The Labute approximate surface area is 135 Å². The van der Waals surface area contributed by atoms with Gasteiger partial charge in [0.25, 0.3) is 0 Å². The molecule has 3 N–H and O–H groups in total. The molecule has 1 amide bonds. The number of nitrogens with zero attached hydrogens (tertiary/aromatic N) is 1. The number of methoxy groups -OCH3 is 2. The van der Waals surface area contributed by atoms with E-state index in [0.717, 1.165) is 25.9 Å². The van der Waals surface area contributed by atoms with Crippen molar-refractivity contribution in [3.05, 3.63) is 17.2 Å². The van der Waals surface area contributed by atoms with E-state index in [1.54, 1.807) is 12.1 Å². The molecular formula is C15H22ClN3O3. The van der Waals surface area contributed by atoms with Gasteiger partial charge in [0.2, 0.25) is 5.91 Å². The predicted molar refractivity (Wildman–Crippen MR) is 86.8 cm³/mol. The van der Waals surface area contributed by atoms with Crippen molar-refractivity contribution in [3.63, 3.8) is 0 Å². The summed E-state index contributed by atoms with van der Waals surface area (Å²) in [7, 11) is 3.06. The van der Waals surface area contributed by atoms with E-state index in [0.29, 0.717) is 28.8 Å². The average molecular weight is 328 g/mol. The molecule has 0 radical (unpaired) electrons. The van der Waals surface area contributed by atoms with E-state index < -0.39 is 0 Å². The number of rotatable bonds is 5. The number of amides is 1. The number of nitrogens with one attached hydrogen (secondary N) is 1. The highest BCUT2D eigenvalue weighted by atomic mass is 35.5. The molecule has 0 unspecified atom stereocenters. The molecule has 1 aliphatic rings. The van der Waals surface area contributed by atoms with Crippen molar-refractivity contribution in [1.29, 1.82) is 0 Å². The number of nitrogens with two attached hydrogens (primary N) is 1. The minimum absolute atomic E-state index is 0.102. The van der Waals surface area contributed by atoms with E-state index in [1.165, 1.54) is 14.2 Å². The molecule has 0 aromatic heterocycles. The van der Waals surface area contributed by atoms with Gasteiger partial charge in [-0.25, -0.2) is 0 Å². The van der Waals surface area contributed by atoms with Crippen LogP contribution in [0, 0.1) is 0 Å². The third kappa shape index (κ3) is 4.25. The molecule has 1 aromatic rings. The highest BCUT2D eigenvalue weighted by molar-refractivity contribution is 6.32. The molecular weight excluding hydrogens is 306 g/mol. The molecule has 1 fully saturated rings. The van der Waals surface area contributed by atoms with Gasteiger partial charge in [-0.1, -0.05) is 11.6 Å². The van der Waals surface area contributed by atoms with Crippen molar-refractivity contribution >= 4 is 23.2 Å². The third-order valence-electron chi connectivity index (χ3n) is 3.75. The van der Waals surface area contributed by atoms with Gasteiger partial charge in [0.15, 0.2) is 0 Å². The molecule has 1 heterocycles. The van der Waals surface area contributed by atoms with Crippen molar-refractivity contribution in [2.24, 2.45) is 5.73 Å². The number of likely N-dealkylation sites (tertiary alicyclic amines) is 1. The van der Waals surface area contributed by atoms with Crippen LogP contribution in [0.4, 0.5) is 5.69 Å². The Morgan fingerprint density at radius 1 is 1.32 bits per heavy atom. The first kappa shape index (κ1) is 16.9. The predicted octanol–water partition coefficient (Wildman–Crippen LogP) is 1.72. The second kappa shape index (κ2) is 7.67. The van der Waals surface area contributed by atoms with Gasteiger partial charge in [0.1, 0.15) is 11.5 Å². The van der Waals surface area contributed by atoms with Crippen LogP contribution < -0.4 is 20.5 Å². The molecule has 6 nitrogen and oxygen atoms in total. The summed E-state index contributed by atoms with van der Waals surface area (Å²) in [6, 6.07) is 3.53. The molecule has 0 aliphatic carbocycles. The Morgan fingerprint density at radius 2 is 1.95 bits per heavy atom. The molecule has 0 spiro atoms. The van der Waals surface area contributed by atoms with Gasteiger partial charge in [0, 0.05) is 25.2 Å². The topological polar surface area (TPSA) is 76.8 Å². The van der Waals surface area contributed by atoms with Gasteiger partial charge in [-0.2, -0.15) is 0 Å². The number of piperidine rings is 1. The smallest absolute Gasteiger partial charge is 0.238 e. The Balaban J connectivity index is 2.00. The van der Waals surface area contributed by atoms with Crippen molar-refractivity contribution < 1.29 is 14.3 Å². The standard InChI is InChI=1S/C15H22ClN3O3/c1-21-13-8-14(22-2)12(7-11(13)16)18-15(20)9-19-5-3-10(17)4-6-19/h7-8,10H,3-6,9,17H2,1-2H3,(H,18,20). The van der Waals surface area contributed by atoms with Crippen LogP contribution in [0.1, 0.15) is 12.8 Å². The number of carbonyl (C=O) groups is 1. The van der Waals surface area contributed by atoms with E-state index in [1.807, 2.05) is 0 Å². The summed E-state index contributed by atoms with van der Waals surface area (Å²) >= 11 is 6.09. The molecule has 22 heavy (non-hydrogen) atoms. The maximum atomic E-state index is 12.2. The minimum atomic E-state index is -0.102. The molecule has 0 bridgehead atoms. The lowest BCUT2D eigenvalue weighted by molar-refractivity contribution is -0.117. The van der Waals surface area contributed by atoms with Crippen molar-refractivity contribution in [1.82, 2.24) is 4.90 Å². The fourth-order valence-corrected chi connectivity index (χ4v) is 2.70. The van der Waals surface area contributed by atoms with Crippen LogP contribution in [-0.2, 0) is 4.79 Å². The zero-order valence-electron chi connectivity index (χ0n) is 12.9. The molecule has 1 aliphatic heterocycles. The highest BCUT2D eigenvalue weighted by Crippen LogP contribution is 2.35. The number of hydrogen-bond donors (Lipinski definition) is 2. The molecule has 122 valence electrons. The second-order valence-corrected chi connectivity index (χ2v) is 5.76. The number of ether oxygens (including phenoxy) is 2. The SMILES string of the molecule is COc1cc(OC)c(NC(=O)CN2CCC(N)CC2)cc1Cl. The van der Waals surface area contributed by atoms with Crippen molar-refractivity contribution in [2.75, 3.05) is 39.2 Å². The lowest BCUT2D eigenvalue weighted by Gasteiger charge is -2.29. The van der Waals surface area contributed by atoms with E-state index in [2.05, 4.69) is 10.2 Å². The van der Waals surface area contributed by atoms with Crippen molar-refractivity contribution in [3.8, 4) is 11.5 Å². The van der Waals surface area contributed by atoms with Gasteiger partial charge >= 0.3 is 0 Å². The van der Waals surface area contributed by atoms with E-state index in [9.17, 15) is 4.79 Å². The first-order valence-corrected chi connectivity index (χ1v) is 7.60. The first-order valence-electron chi connectivity index (χ1n) is 7.22. The van der Waals surface area contributed by atoms with E-state index >= 15 is 0 Å². The van der Waals surface area contributed by atoms with Crippen LogP contribution in [0.2, 0.25) is 5.02 Å². The van der Waals surface area contributed by atoms with E-state index in [4.69, 9.17) is 26.8 Å². The molecule has 0 saturated carbocycles. The number of carbonyl (C=O) groups excluding carboxylic acids is 1. The maximum Gasteiger partial charge on any atom is 0.238 e. The summed E-state index contributed by atoms with van der Waals surface area (Å²) in [4.78, 5) is 14.3. The Bertz CT molecular complexity index is 531. The Kier molecular flexibility index (Phi) is 5.88. The highest BCUT2D eigenvalue weighted by Gasteiger charge is 2.19. The van der Waals surface area contributed by atoms with Crippen LogP contribution >= 0.6 is 11.6 Å².